The number of hydrogen-bond donors (Lipinski definition) is 8. The summed E-state index contributed by atoms with van der Waals surface area (Å²) in [7, 11) is 2.24. The Morgan fingerprint density at radius 2 is 1.58 bits per heavy atom. The van der Waals surface area contributed by atoms with Crippen molar-refractivity contribution >= 4 is 57.1 Å². The number of aliphatic hydroxyl groups is 1. The van der Waals surface area contributed by atoms with Crippen LogP contribution in [0.1, 0.15) is 31.9 Å². The summed E-state index contributed by atoms with van der Waals surface area (Å²) in [5.41, 5.74) is 7.19. The number of nitrogens with two attached hydrogens (primary N) is 1. The van der Waals surface area contributed by atoms with Crippen LogP contribution in [0.2, 0.25) is 0 Å². The maximum Gasteiger partial charge on any atom is 0.326 e. The van der Waals surface area contributed by atoms with Crippen molar-refractivity contribution in [3.05, 3.63) is 71.8 Å². The molecule has 1 aliphatic rings. The van der Waals surface area contributed by atoms with Gasteiger partial charge in [-0.05, 0) is 31.9 Å². The van der Waals surface area contributed by atoms with Crippen LogP contribution in [0.3, 0.4) is 0 Å². The first-order valence-electron chi connectivity index (χ1n) is 15.2. The molecule has 1 saturated heterocycles. The van der Waals surface area contributed by atoms with E-state index < -0.39 is 83.1 Å². The summed E-state index contributed by atoms with van der Waals surface area (Å²) < 4.78 is -1.08. The normalized spacial score (nSPS) is 22.4. The number of carbonyl (C=O) groups excluding carboxylic acids is 5. The molecule has 0 aromatic heterocycles. The highest BCUT2D eigenvalue weighted by atomic mass is 33.1. The third-order valence-corrected chi connectivity index (χ3v) is 10.8. The molecular formula is C32H42N6O8S2. The molecule has 6 atom stereocenters. The van der Waals surface area contributed by atoms with Gasteiger partial charge in [-0.15, -0.1) is 0 Å². The van der Waals surface area contributed by atoms with E-state index in [0.717, 1.165) is 21.6 Å². The van der Waals surface area contributed by atoms with E-state index in [9.17, 15) is 39.0 Å². The van der Waals surface area contributed by atoms with Crippen LogP contribution in [0.4, 0.5) is 0 Å². The lowest BCUT2D eigenvalue weighted by atomic mass is 10.0. The van der Waals surface area contributed by atoms with Gasteiger partial charge < -0.3 is 42.5 Å². The molecule has 2 aromatic rings. The monoisotopic (exact) mass is 702 g/mol. The molecule has 0 spiro atoms. The van der Waals surface area contributed by atoms with Crippen molar-refractivity contribution in [2.75, 3.05) is 12.3 Å². The summed E-state index contributed by atoms with van der Waals surface area (Å²) >= 11 is 0. The minimum atomic E-state index is -1.33. The van der Waals surface area contributed by atoms with Gasteiger partial charge >= 0.3 is 5.97 Å². The highest BCUT2D eigenvalue weighted by Gasteiger charge is 2.40. The predicted molar refractivity (Wildman–Crippen MR) is 182 cm³/mol. The van der Waals surface area contributed by atoms with Crippen molar-refractivity contribution in [2.45, 2.75) is 74.7 Å². The molecule has 1 fully saturated rings. The lowest BCUT2D eigenvalue weighted by molar-refractivity contribution is -0.142. The van der Waals surface area contributed by atoms with E-state index in [1.165, 1.54) is 6.92 Å². The Kier molecular flexibility index (Phi) is 14.3. The number of amides is 5. The van der Waals surface area contributed by atoms with E-state index in [1.807, 2.05) is 0 Å². The third-order valence-electron chi connectivity index (χ3n) is 7.46. The van der Waals surface area contributed by atoms with Gasteiger partial charge in [0.2, 0.25) is 29.5 Å². The van der Waals surface area contributed by atoms with Crippen LogP contribution >= 0.6 is 21.6 Å². The van der Waals surface area contributed by atoms with Gasteiger partial charge in [-0.25, -0.2) is 4.79 Å². The molecule has 9 N–H and O–H groups in total. The van der Waals surface area contributed by atoms with E-state index in [1.54, 1.807) is 74.5 Å². The molecule has 3 rings (SSSR count). The molecule has 2 aromatic carbocycles. The summed E-state index contributed by atoms with van der Waals surface area (Å²) in [5.74, 6) is -5.01. The molecule has 0 aliphatic carbocycles. The number of aliphatic carboxylic acids is 1. The van der Waals surface area contributed by atoms with E-state index in [-0.39, 0.29) is 18.6 Å². The number of carboxylic acid groups (broad SMARTS) is 1. The van der Waals surface area contributed by atoms with E-state index in [2.05, 4.69) is 26.6 Å². The summed E-state index contributed by atoms with van der Waals surface area (Å²) in [6.45, 7) is 4.10. The first kappa shape index (κ1) is 38.3. The Balaban J connectivity index is 1.92. The average Bonchev–Trinajstić information content (AvgIpc) is 3.04. The Morgan fingerprint density at radius 1 is 0.979 bits per heavy atom. The van der Waals surface area contributed by atoms with Gasteiger partial charge in [0, 0.05) is 23.3 Å². The summed E-state index contributed by atoms with van der Waals surface area (Å²) in [5, 5.41) is 32.6. The molecule has 260 valence electrons. The number of aliphatic hydroxyl groups excluding tert-OH is 1. The largest absolute Gasteiger partial charge is 0.480 e. The lowest BCUT2D eigenvalue weighted by Crippen LogP contribution is -2.61. The smallest absolute Gasteiger partial charge is 0.326 e. The second-order valence-corrected chi connectivity index (χ2v) is 14.9. The number of carbonyl (C=O) groups is 6. The zero-order valence-corrected chi connectivity index (χ0v) is 28.4. The highest BCUT2D eigenvalue weighted by Crippen LogP contribution is 2.38. The molecular weight excluding hydrogens is 661 g/mol. The predicted octanol–water partition coefficient (Wildman–Crippen LogP) is -0.506. The quantitative estimate of drug-likeness (QED) is 0.147. The lowest BCUT2D eigenvalue weighted by Gasteiger charge is -2.34. The van der Waals surface area contributed by atoms with Gasteiger partial charge in [0.05, 0.1) is 12.6 Å². The van der Waals surface area contributed by atoms with Gasteiger partial charge in [0.1, 0.15) is 30.2 Å². The SMILES string of the molecule is C[C@@H](O)[C@H](N)C(=O)N[C@H]1C(=O)NCC(=O)N[C@@H](Cc2ccccc2)C(=O)N[C@H](C(=O)N[C@@H](Cc2ccccc2)C(=O)O)CSSC1(C)C. The number of nitrogens with one attached hydrogen (secondary N) is 5. The highest BCUT2D eigenvalue weighted by molar-refractivity contribution is 8.77. The maximum absolute atomic E-state index is 13.6. The zero-order chi connectivity index (χ0) is 35.4. The number of hydrogen-bond acceptors (Lipinski definition) is 10. The van der Waals surface area contributed by atoms with Crippen molar-refractivity contribution in [3.63, 3.8) is 0 Å². The molecule has 0 unspecified atom stereocenters. The Hall–Kier alpha value is -4.12. The molecule has 48 heavy (non-hydrogen) atoms. The van der Waals surface area contributed by atoms with Crippen molar-refractivity contribution in [2.24, 2.45) is 5.73 Å². The van der Waals surface area contributed by atoms with Crippen LogP contribution in [0.5, 0.6) is 0 Å². The molecule has 1 aliphatic heterocycles. The zero-order valence-electron chi connectivity index (χ0n) is 26.8. The van der Waals surface area contributed by atoms with E-state index >= 15 is 0 Å². The second kappa shape index (κ2) is 17.9. The van der Waals surface area contributed by atoms with Crippen LogP contribution in [-0.4, -0.2) is 99.1 Å². The summed E-state index contributed by atoms with van der Waals surface area (Å²) in [6, 6.07) is 11.3. The van der Waals surface area contributed by atoms with Crippen molar-refractivity contribution in [1.82, 2.24) is 26.6 Å². The fraction of sp³-hybridized carbons (Fsp3) is 0.438. The number of rotatable bonds is 10. The second-order valence-electron chi connectivity index (χ2n) is 11.9. The third kappa shape index (κ3) is 11.5. The van der Waals surface area contributed by atoms with Crippen LogP contribution in [0, 0.1) is 0 Å². The molecule has 1 heterocycles. The fourth-order valence-corrected chi connectivity index (χ4v) is 7.48. The van der Waals surface area contributed by atoms with E-state index in [0.29, 0.717) is 11.1 Å². The van der Waals surface area contributed by atoms with Crippen LogP contribution < -0.4 is 32.3 Å². The minimum absolute atomic E-state index is 0.00469. The molecule has 5 amide bonds. The van der Waals surface area contributed by atoms with Crippen LogP contribution in [0.25, 0.3) is 0 Å². The molecule has 0 saturated carbocycles. The molecule has 0 radical (unpaired) electrons. The number of carboxylic acids is 1. The summed E-state index contributed by atoms with van der Waals surface area (Å²) in [4.78, 5) is 78.6. The Labute approximate surface area is 286 Å². The van der Waals surface area contributed by atoms with Gasteiger partial charge in [-0.1, -0.05) is 82.3 Å². The molecule has 0 bridgehead atoms. The van der Waals surface area contributed by atoms with Crippen molar-refractivity contribution < 1.29 is 39.0 Å². The topological polar surface area (TPSA) is 229 Å². The maximum atomic E-state index is 13.6. The average molecular weight is 703 g/mol. The number of benzene rings is 2. The molecule has 16 heteroatoms. The minimum Gasteiger partial charge on any atom is -0.480 e. The van der Waals surface area contributed by atoms with Gasteiger partial charge in [0.15, 0.2) is 0 Å². The van der Waals surface area contributed by atoms with Crippen molar-refractivity contribution in [3.8, 4) is 0 Å². The van der Waals surface area contributed by atoms with E-state index in [4.69, 9.17) is 5.73 Å². The fourth-order valence-electron chi connectivity index (χ4n) is 4.67. The van der Waals surface area contributed by atoms with Crippen LogP contribution in [0.15, 0.2) is 60.7 Å². The first-order valence-corrected chi connectivity index (χ1v) is 17.5. The Bertz CT molecular complexity index is 1450. The standard InChI is InChI=1S/C32H42N6O8S2/c1-18(39)25(33)29(43)38-26-30(44)34-16-24(40)35-21(14-19-10-6-4-7-11-19)27(41)37-23(17-47-48-32(26,2)3)28(42)36-22(31(45)46)15-20-12-8-5-9-13-20/h4-13,18,21-23,25-26,39H,14-17,33H2,1-3H3,(H,34,44)(H,35,40)(H,36,42)(H,37,41)(H,38,43)(H,45,46)/t18-,21+,22+,23+,25+,26+/m1/s1. The Morgan fingerprint density at radius 3 is 2.17 bits per heavy atom. The molecule has 14 nitrogen and oxygen atoms in total. The van der Waals surface area contributed by atoms with Gasteiger partial charge in [-0.3, -0.25) is 24.0 Å². The van der Waals surface area contributed by atoms with Crippen molar-refractivity contribution in [1.29, 1.82) is 0 Å². The summed E-state index contributed by atoms with van der Waals surface area (Å²) in [6.07, 6.45) is -1.16. The first-order chi connectivity index (χ1) is 22.7. The van der Waals surface area contributed by atoms with Gasteiger partial charge in [0.25, 0.3) is 0 Å². The van der Waals surface area contributed by atoms with Gasteiger partial charge in [-0.2, -0.15) is 0 Å². The van der Waals surface area contributed by atoms with Crippen LogP contribution in [-0.2, 0) is 41.6 Å².